The summed E-state index contributed by atoms with van der Waals surface area (Å²) in [5.74, 6) is 0. The topological polar surface area (TPSA) is 49.4 Å². The molecule has 0 radical (unpaired) electrons. The molecule has 2 aromatic carbocycles. The molecule has 0 saturated carbocycles. The van der Waals surface area contributed by atoms with Gasteiger partial charge >= 0.3 is 0 Å². The molecule has 1 aliphatic heterocycles. The van der Waals surface area contributed by atoms with E-state index in [1.165, 1.54) is 24.8 Å². The van der Waals surface area contributed by atoms with Gasteiger partial charge in [-0.15, -0.1) is 0 Å². The number of benzene rings is 2. The Balaban J connectivity index is 1.69. The smallest absolute Gasteiger partial charge is 0.240 e. The molecule has 1 heterocycles. The second-order valence-electron chi connectivity index (χ2n) is 6.24. The fourth-order valence-electron chi connectivity index (χ4n) is 3.10. The molecule has 0 aliphatic carbocycles. The Morgan fingerprint density at radius 3 is 2.17 bits per heavy atom. The van der Waals surface area contributed by atoms with E-state index in [2.05, 4.69) is 15.7 Å². The molecular formula is C19H24N2O2S. The minimum atomic E-state index is -3.47. The van der Waals surface area contributed by atoms with Crippen molar-refractivity contribution in [3.05, 3.63) is 65.7 Å². The van der Waals surface area contributed by atoms with Crippen LogP contribution in [0.25, 0.3) is 0 Å². The SMILES string of the molecule is O=S(=O)(NCc1ccccc1CN1CCCCC1)c1ccccc1. The van der Waals surface area contributed by atoms with Gasteiger partial charge in [0.05, 0.1) is 4.90 Å². The van der Waals surface area contributed by atoms with Gasteiger partial charge in [0.2, 0.25) is 10.0 Å². The molecule has 1 aliphatic rings. The lowest BCUT2D eigenvalue weighted by molar-refractivity contribution is 0.220. The van der Waals surface area contributed by atoms with Crippen molar-refractivity contribution >= 4 is 10.0 Å². The summed E-state index contributed by atoms with van der Waals surface area (Å²) in [5.41, 5.74) is 2.25. The fourth-order valence-corrected chi connectivity index (χ4v) is 4.13. The molecule has 2 aromatic rings. The van der Waals surface area contributed by atoms with Gasteiger partial charge in [-0.1, -0.05) is 48.9 Å². The van der Waals surface area contributed by atoms with Crippen molar-refractivity contribution in [1.82, 2.24) is 9.62 Å². The molecule has 1 N–H and O–H groups in total. The number of sulfonamides is 1. The third kappa shape index (κ3) is 4.44. The van der Waals surface area contributed by atoms with Crippen molar-refractivity contribution in [2.24, 2.45) is 0 Å². The highest BCUT2D eigenvalue weighted by Crippen LogP contribution is 2.17. The van der Waals surface area contributed by atoms with Gasteiger partial charge in [-0.05, 0) is 49.2 Å². The maximum atomic E-state index is 12.4. The van der Waals surface area contributed by atoms with Crippen LogP contribution in [0.2, 0.25) is 0 Å². The summed E-state index contributed by atoms with van der Waals surface area (Å²) >= 11 is 0. The number of hydrogen-bond donors (Lipinski definition) is 1. The van der Waals surface area contributed by atoms with Gasteiger partial charge in [-0.25, -0.2) is 13.1 Å². The molecule has 1 saturated heterocycles. The predicted octanol–water partition coefficient (Wildman–Crippen LogP) is 3.15. The van der Waals surface area contributed by atoms with E-state index in [-0.39, 0.29) is 0 Å². The average Bonchev–Trinajstić information content (AvgIpc) is 2.63. The predicted molar refractivity (Wildman–Crippen MR) is 96.0 cm³/mol. The second kappa shape index (κ2) is 7.92. The van der Waals surface area contributed by atoms with E-state index in [1.807, 2.05) is 24.3 Å². The molecule has 24 heavy (non-hydrogen) atoms. The Hall–Kier alpha value is -1.69. The van der Waals surface area contributed by atoms with E-state index < -0.39 is 10.0 Å². The Kier molecular flexibility index (Phi) is 5.66. The van der Waals surface area contributed by atoms with Crippen LogP contribution in [0.1, 0.15) is 30.4 Å². The first-order valence-corrected chi connectivity index (χ1v) is 9.97. The lowest BCUT2D eigenvalue weighted by Gasteiger charge is -2.27. The lowest BCUT2D eigenvalue weighted by atomic mass is 10.1. The van der Waals surface area contributed by atoms with Crippen LogP contribution in [0.4, 0.5) is 0 Å². The summed E-state index contributed by atoms with van der Waals surface area (Å²) < 4.78 is 27.5. The van der Waals surface area contributed by atoms with E-state index in [9.17, 15) is 8.42 Å². The van der Waals surface area contributed by atoms with E-state index in [0.29, 0.717) is 11.4 Å². The first-order chi connectivity index (χ1) is 11.6. The Labute approximate surface area is 144 Å². The van der Waals surface area contributed by atoms with Crippen molar-refractivity contribution in [3.63, 3.8) is 0 Å². The Bertz CT molecular complexity index is 754. The zero-order valence-corrected chi connectivity index (χ0v) is 14.6. The first kappa shape index (κ1) is 17.1. The van der Waals surface area contributed by atoms with Crippen molar-refractivity contribution in [2.75, 3.05) is 13.1 Å². The highest BCUT2D eigenvalue weighted by Gasteiger charge is 2.15. The van der Waals surface area contributed by atoms with Crippen LogP contribution in [0, 0.1) is 0 Å². The zero-order chi connectivity index (χ0) is 16.8. The van der Waals surface area contributed by atoms with E-state index >= 15 is 0 Å². The van der Waals surface area contributed by atoms with Crippen molar-refractivity contribution in [2.45, 2.75) is 37.2 Å². The number of hydrogen-bond acceptors (Lipinski definition) is 3. The Morgan fingerprint density at radius 1 is 0.833 bits per heavy atom. The molecule has 0 bridgehead atoms. The minimum Gasteiger partial charge on any atom is -0.299 e. The number of nitrogens with zero attached hydrogens (tertiary/aromatic N) is 1. The van der Waals surface area contributed by atoms with Crippen LogP contribution in [-0.4, -0.2) is 26.4 Å². The van der Waals surface area contributed by atoms with Crippen LogP contribution < -0.4 is 4.72 Å². The summed E-state index contributed by atoms with van der Waals surface area (Å²) in [6.45, 7) is 3.47. The van der Waals surface area contributed by atoms with Crippen LogP contribution in [0.3, 0.4) is 0 Å². The second-order valence-corrected chi connectivity index (χ2v) is 8.01. The van der Waals surface area contributed by atoms with Gasteiger partial charge < -0.3 is 0 Å². The standard InChI is InChI=1S/C19H24N2O2S/c22-24(23,19-11-3-1-4-12-19)20-15-17-9-5-6-10-18(17)16-21-13-7-2-8-14-21/h1,3-6,9-12,20H,2,7-8,13-16H2. The quantitative estimate of drug-likeness (QED) is 0.876. The van der Waals surface area contributed by atoms with Crippen LogP contribution in [0.5, 0.6) is 0 Å². The summed E-state index contributed by atoms with van der Waals surface area (Å²) in [6, 6.07) is 16.6. The highest BCUT2D eigenvalue weighted by molar-refractivity contribution is 7.89. The number of rotatable bonds is 6. The first-order valence-electron chi connectivity index (χ1n) is 8.49. The molecule has 3 rings (SSSR count). The van der Waals surface area contributed by atoms with Crippen molar-refractivity contribution in [3.8, 4) is 0 Å². The molecule has 0 amide bonds. The molecule has 128 valence electrons. The molecule has 4 nitrogen and oxygen atoms in total. The van der Waals surface area contributed by atoms with E-state index in [1.54, 1.807) is 24.3 Å². The normalized spacial score (nSPS) is 16.2. The van der Waals surface area contributed by atoms with Gasteiger partial charge in [0.15, 0.2) is 0 Å². The lowest BCUT2D eigenvalue weighted by Crippen LogP contribution is -2.30. The van der Waals surface area contributed by atoms with Crippen molar-refractivity contribution in [1.29, 1.82) is 0 Å². The maximum Gasteiger partial charge on any atom is 0.240 e. The van der Waals surface area contributed by atoms with Crippen LogP contribution in [0.15, 0.2) is 59.5 Å². The van der Waals surface area contributed by atoms with Gasteiger partial charge in [0.1, 0.15) is 0 Å². The van der Waals surface area contributed by atoms with Crippen LogP contribution in [-0.2, 0) is 23.1 Å². The monoisotopic (exact) mass is 344 g/mol. The van der Waals surface area contributed by atoms with E-state index in [4.69, 9.17) is 0 Å². The van der Waals surface area contributed by atoms with Gasteiger partial charge in [-0.2, -0.15) is 0 Å². The van der Waals surface area contributed by atoms with Crippen LogP contribution >= 0.6 is 0 Å². The molecular weight excluding hydrogens is 320 g/mol. The molecule has 0 spiro atoms. The molecule has 0 aromatic heterocycles. The number of likely N-dealkylation sites (tertiary alicyclic amines) is 1. The fraction of sp³-hybridized carbons (Fsp3) is 0.368. The molecule has 5 heteroatoms. The summed E-state index contributed by atoms with van der Waals surface area (Å²) in [5, 5.41) is 0. The summed E-state index contributed by atoms with van der Waals surface area (Å²) in [7, 11) is -3.47. The zero-order valence-electron chi connectivity index (χ0n) is 13.8. The molecule has 0 unspecified atom stereocenters. The van der Waals surface area contributed by atoms with E-state index in [0.717, 1.165) is 25.2 Å². The molecule has 0 atom stereocenters. The Morgan fingerprint density at radius 2 is 1.46 bits per heavy atom. The third-order valence-corrected chi connectivity index (χ3v) is 5.88. The van der Waals surface area contributed by atoms with Gasteiger partial charge in [-0.3, -0.25) is 4.90 Å². The summed E-state index contributed by atoms with van der Waals surface area (Å²) in [4.78, 5) is 2.76. The number of nitrogens with one attached hydrogen (secondary N) is 1. The summed E-state index contributed by atoms with van der Waals surface area (Å²) in [6.07, 6.45) is 3.82. The minimum absolute atomic E-state index is 0.304. The van der Waals surface area contributed by atoms with Gasteiger partial charge in [0.25, 0.3) is 0 Å². The average molecular weight is 344 g/mol. The largest absolute Gasteiger partial charge is 0.299 e. The van der Waals surface area contributed by atoms with Crippen molar-refractivity contribution < 1.29 is 8.42 Å². The molecule has 1 fully saturated rings. The maximum absolute atomic E-state index is 12.4. The third-order valence-electron chi connectivity index (χ3n) is 4.47. The van der Waals surface area contributed by atoms with Gasteiger partial charge in [0, 0.05) is 13.1 Å². The number of piperidine rings is 1. The highest BCUT2D eigenvalue weighted by atomic mass is 32.2.